The first-order valence-corrected chi connectivity index (χ1v) is 9.52. The number of aliphatic carboxylic acids is 1. The van der Waals surface area contributed by atoms with Crippen molar-refractivity contribution in [1.82, 2.24) is 16.0 Å². The summed E-state index contributed by atoms with van der Waals surface area (Å²) in [7, 11) is 0. The molecule has 0 radical (unpaired) electrons. The number of rotatable bonds is 14. The normalized spacial score (nSPS) is 17.0. The molecular weight excluding hydrogens is 402 g/mol. The number of carboxylic acid groups (broad SMARTS) is 1. The first kappa shape index (κ1) is 27.7. The van der Waals surface area contributed by atoms with E-state index in [2.05, 4.69) is 16.0 Å². The van der Waals surface area contributed by atoms with Crippen LogP contribution in [0.1, 0.15) is 33.1 Å². The molecule has 11 N–H and O–H groups in total. The molecule has 13 heteroatoms. The average Bonchev–Trinajstić information content (AvgIpc) is 2.67. The fourth-order valence-electron chi connectivity index (χ4n) is 2.35. The van der Waals surface area contributed by atoms with Gasteiger partial charge in [0.2, 0.25) is 17.7 Å². The summed E-state index contributed by atoms with van der Waals surface area (Å²) in [6.45, 7) is 1.96. The lowest BCUT2D eigenvalue weighted by molar-refractivity contribution is -0.143. The third kappa shape index (κ3) is 9.45. The van der Waals surface area contributed by atoms with Crippen LogP contribution in [0, 0.1) is 0 Å². The number of aliphatic hydroxyl groups is 3. The smallest absolute Gasteiger partial charge is 0.326 e. The van der Waals surface area contributed by atoms with E-state index in [-0.39, 0.29) is 6.42 Å². The van der Waals surface area contributed by atoms with Gasteiger partial charge >= 0.3 is 5.97 Å². The maximum atomic E-state index is 12.4. The third-order valence-corrected chi connectivity index (χ3v) is 4.26. The molecule has 6 atom stereocenters. The molecule has 0 aliphatic heterocycles. The van der Waals surface area contributed by atoms with Crippen LogP contribution in [-0.2, 0) is 19.2 Å². The predicted molar refractivity (Wildman–Crippen MR) is 105 cm³/mol. The average molecular weight is 435 g/mol. The Kier molecular flexibility index (Phi) is 12.8. The van der Waals surface area contributed by atoms with Crippen molar-refractivity contribution in [2.75, 3.05) is 13.2 Å². The van der Waals surface area contributed by atoms with Crippen molar-refractivity contribution in [3.05, 3.63) is 0 Å². The molecule has 0 saturated heterocycles. The molecule has 13 nitrogen and oxygen atoms in total. The summed E-state index contributed by atoms with van der Waals surface area (Å²) in [6, 6.07) is -5.67. The fourth-order valence-corrected chi connectivity index (χ4v) is 2.35. The van der Waals surface area contributed by atoms with Gasteiger partial charge < -0.3 is 47.8 Å². The lowest BCUT2D eigenvalue weighted by atomic mass is 10.1. The molecule has 0 aromatic heterocycles. The number of aliphatic hydroxyl groups excluding tert-OH is 3. The van der Waals surface area contributed by atoms with E-state index >= 15 is 0 Å². The topological polar surface area (TPSA) is 237 Å². The van der Waals surface area contributed by atoms with Gasteiger partial charge in [-0.2, -0.15) is 0 Å². The summed E-state index contributed by atoms with van der Waals surface area (Å²) < 4.78 is 0. The van der Waals surface area contributed by atoms with E-state index in [9.17, 15) is 39.6 Å². The van der Waals surface area contributed by atoms with Crippen LogP contribution >= 0.6 is 0 Å². The van der Waals surface area contributed by atoms with Crippen LogP contribution in [0.4, 0.5) is 0 Å². The largest absolute Gasteiger partial charge is 0.480 e. The molecule has 0 saturated carbocycles. The van der Waals surface area contributed by atoms with Gasteiger partial charge in [-0.25, -0.2) is 4.79 Å². The SMILES string of the molecule is CC(O)C(N)C(=O)NC(C(=O)NC(CO)C(=O)NC(CCCCN)C(=O)O)C(C)O. The van der Waals surface area contributed by atoms with Crippen LogP contribution < -0.4 is 27.4 Å². The second-order valence-corrected chi connectivity index (χ2v) is 6.92. The molecule has 0 fully saturated rings. The quantitative estimate of drug-likeness (QED) is 0.119. The zero-order valence-corrected chi connectivity index (χ0v) is 17.1. The number of hydrogen-bond donors (Lipinski definition) is 9. The van der Waals surface area contributed by atoms with E-state index in [1.54, 1.807) is 0 Å². The Morgan fingerprint density at radius 3 is 1.87 bits per heavy atom. The lowest BCUT2D eigenvalue weighted by Gasteiger charge is -2.26. The van der Waals surface area contributed by atoms with E-state index in [1.807, 2.05) is 0 Å². The Balaban J connectivity index is 5.11. The minimum Gasteiger partial charge on any atom is -0.480 e. The molecule has 0 heterocycles. The zero-order chi connectivity index (χ0) is 23.4. The maximum absolute atomic E-state index is 12.4. The van der Waals surface area contributed by atoms with Gasteiger partial charge in [0.15, 0.2) is 0 Å². The second kappa shape index (κ2) is 13.8. The van der Waals surface area contributed by atoms with Gasteiger partial charge in [0.1, 0.15) is 24.2 Å². The highest BCUT2D eigenvalue weighted by molar-refractivity contribution is 5.94. The third-order valence-electron chi connectivity index (χ3n) is 4.26. The Morgan fingerprint density at radius 2 is 1.43 bits per heavy atom. The first-order valence-electron chi connectivity index (χ1n) is 9.52. The highest BCUT2D eigenvalue weighted by Gasteiger charge is 2.32. The van der Waals surface area contributed by atoms with E-state index in [4.69, 9.17) is 11.5 Å². The molecule has 0 aliphatic rings. The predicted octanol–water partition coefficient (Wildman–Crippen LogP) is -4.26. The van der Waals surface area contributed by atoms with Crippen molar-refractivity contribution in [3.63, 3.8) is 0 Å². The summed E-state index contributed by atoms with van der Waals surface area (Å²) in [5.41, 5.74) is 10.8. The van der Waals surface area contributed by atoms with Gasteiger partial charge in [0.05, 0.1) is 18.8 Å². The van der Waals surface area contributed by atoms with Gasteiger partial charge in [0, 0.05) is 0 Å². The van der Waals surface area contributed by atoms with Gasteiger partial charge in [-0.3, -0.25) is 14.4 Å². The Bertz CT molecular complexity index is 586. The molecule has 0 bridgehead atoms. The maximum Gasteiger partial charge on any atom is 0.326 e. The number of carboxylic acids is 1. The summed E-state index contributed by atoms with van der Waals surface area (Å²) in [5, 5.41) is 44.3. The van der Waals surface area contributed by atoms with Gasteiger partial charge in [0.25, 0.3) is 0 Å². The standard InChI is InChI=1S/C17H33N5O8/c1-8(24)12(19)15(27)22-13(9(2)25)16(28)21-11(7-23)14(26)20-10(17(29)30)5-3-4-6-18/h8-13,23-25H,3-7,18-19H2,1-2H3,(H,20,26)(H,21,28)(H,22,27)(H,29,30). The molecule has 3 amide bonds. The monoisotopic (exact) mass is 435 g/mol. The number of carbonyl (C=O) groups excluding carboxylic acids is 3. The van der Waals surface area contributed by atoms with Crippen LogP contribution in [0.15, 0.2) is 0 Å². The van der Waals surface area contributed by atoms with Gasteiger partial charge in [-0.1, -0.05) is 0 Å². The highest BCUT2D eigenvalue weighted by Crippen LogP contribution is 2.02. The number of nitrogens with one attached hydrogen (secondary N) is 3. The van der Waals surface area contributed by atoms with Crippen LogP contribution in [0.2, 0.25) is 0 Å². The van der Waals surface area contributed by atoms with Gasteiger partial charge in [-0.15, -0.1) is 0 Å². The summed E-state index contributed by atoms with van der Waals surface area (Å²) in [4.78, 5) is 47.9. The first-order chi connectivity index (χ1) is 14.0. The van der Waals surface area contributed by atoms with Crippen molar-refractivity contribution in [3.8, 4) is 0 Å². The number of hydrogen-bond acceptors (Lipinski definition) is 9. The molecular formula is C17H33N5O8. The number of carbonyl (C=O) groups is 4. The molecule has 0 rings (SSSR count). The Hall–Kier alpha value is -2.32. The van der Waals surface area contributed by atoms with Crippen LogP contribution in [-0.4, -0.2) is 93.6 Å². The molecule has 0 aliphatic carbocycles. The molecule has 0 aromatic carbocycles. The second-order valence-electron chi connectivity index (χ2n) is 6.92. The molecule has 0 aromatic rings. The van der Waals surface area contributed by atoms with Crippen molar-refractivity contribution in [2.45, 2.75) is 69.5 Å². The molecule has 30 heavy (non-hydrogen) atoms. The van der Waals surface area contributed by atoms with Crippen molar-refractivity contribution < 1.29 is 39.6 Å². The molecule has 6 unspecified atom stereocenters. The summed E-state index contributed by atoms with van der Waals surface area (Å²) >= 11 is 0. The number of unbranched alkanes of at least 4 members (excludes halogenated alkanes) is 1. The molecule has 174 valence electrons. The van der Waals surface area contributed by atoms with Crippen molar-refractivity contribution in [2.24, 2.45) is 11.5 Å². The van der Waals surface area contributed by atoms with Crippen molar-refractivity contribution >= 4 is 23.7 Å². The Morgan fingerprint density at radius 1 is 0.867 bits per heavy atom. The Labute approximate surface area is 174 Å². The lowest BCUT2D eigenvalue weighted by Crippen LogP contribution is -2.61. The highest BCUT2D eigenvalue weighted by atomic mass is 16.4. The summed E-state index contributed by atoms with van der Waals surface area (Å²) in [5.74, 6) is -4.17. The van der Waals surface area contributed by atoms with E-state index in [0.29, 0.717) is 19.4 Å². The molecule has 0 spiro atoms. The number of nitrogens with two attached hydrogens (primary N) is 2. The minimum absolute atomic E-state index is 0.105. The van der Waals surface area contributed by atoms with E-state index < -0.39 is 66.7 Å². The number of amides is 3. The minimum atomic E-state index is -1.54. The van der Waals surface area contributed by atoms with E-state index in [0.717, 1.165) is 0 Å². The van der Waals surface area contributed by atoms with Crippen LogP contribution in [0.25, 0.3) is 0 Å². The van der Waals surface area contributed by atoms with E-state index in [1.165, 1.54) is 13.8 Å². The van der Waals surface area contributed by atoms with Gasteiger partial charge in [-0.05, 0) is 39.7 Å². The van der Waals surface area contributed by atoms with Crippen LogP contribution in [0.5, 0.6) is 0 Å². The van der Waals surface area contributed by atoms with Crippen LogP contribution in [0.3, 0.4) is 0 Å². The van der Waals surface area contributed by atoms with Crippen molar-refractivity contribution in [1.29, 1.82) is 0 Å². The fraction of sp³-hybridized carbons (Fsp3) is 0.765. The zero-order valence-electron chi connectivity index (χ0n) is 17.1. The summed E-state index contributed by atoms with van der Waals surface area (Å²) in [6.07, 6.45) is -1.51.